The average molecular weight is 269 g/mol. The van der Waals surface area contributed by atoms with Crippen molar-refractivity contribution < 1.29 is 9.18 Å². The van der Waals surface area contributed by atoms with Crippen LogP contribution in [0, 0.1) is 12.7 Å². The number of aromatic nitrogens is 2. The monoisotopic (exact) mass is 269 g/mol. The Hall–Kier alpha value is -2.69. The highest BCUT2D eigenvalue weighted by atomic mass is 19.1. The largest absolute Gasteiger partial charge is 0.321 e. The first-order valence-corrected chi connectivity index (χ1v) is 6.16. The fourth-order valence-electron chi connectivity index (χ4n) is 2.11. The molecule has 0 atom stereocenters. The van der Waals surface area contributed by atoms with Crippen LogP contribution in [0.25, 0.3) is 5.65 Å². The molecule has 1 aromatic carbocycles. The van der Waals surface area contributed by atoms with Crippen LogP contribution in [0.3, 0.4) is 0 Å². The van der Waals surface area contributed by atoms with Gasteiger partial charge < -0.3 is 5.32 Å². The van der Waals surface area contributed by atoms with E-state index < -0.39 is 0 Å². The number of pyridine rings is 1. The Morgan fingerprint density at radius 2 is 1.95 bits per heavy atom. The number of nitrogens with zero attached hydrogens (tertiary/aromatic N) is 2. The molecule has 0 fully saturated rings. The molecule has 0 unspecified atom stereocenters. The van der Waals surface area contributed by atoms with E-state index in [1.165, 1.54) is 24.3 Å². The highest BCUT2D eigenvalue weighted by Crippen LogP contribution is 2.15. The van der Waals surface area contributed by atoms with E-state index in [4.69, 9.17) is 0 Å². The number of aryl methyl sites for hydroxylation is 1. The topological polar surface area (TPSA) is 46.4 Å². The van der Waals surface area contributed by atoms with Crippen LogP contribution in [0.15, 0.2) is 48.7 Å². The summed E-state index contributed by atoms with van der Waals surface area (Å²) in [5, 5.41) is 2.74. The molecule has 0 radical (unpaired) electrons. The summed E-state index contributed by atoms with van der Waals surface area (Å²) in [4.78, 5) is 16.7. The first-order chi connectivity index (χ1) is 9.65. The maximum Gasteiger partial charge on any atom is 0.274 e. The Labute approximate surface area is 114 Å². The predicted molar refractivity (Wildman–Crippen MR) is 74.3 cm³/mol. The second-order valence-electron chi connectivity index (χ2n) is 4.44. The maximum absolute atomic E-state index is 12.8. The number of benzene rings is 1. The summed E-state index contributed by atoms with van der Waals surface area (Å²) in [6.07, 6.45) is 1.79. The van der Waals surface area contributed by atoms with E-state index in [0.29, 0.717) is 22.7 Å². The number of hydrogen-bond donors (Lipinski definition) is 1. The van der Waals surface area contributed by atoms with E-state index in [0.717, 1.165) is 0 Å². The summed E-state index contributed by atoms with van der Waals surface area (Å²) >= 11 is 0. The zero-order valence-electron chi connectivity index (χ0n) is 10.8. The molecular weight excluding hydrogens is 257 g/mol. The Morgan fingerprint density at radius 3 is 2.70 bits per heavy atom. The third kappa shape index (κ3) is 2.14. The van der Waals surface area contributed by atoms with Crippen LogP contribution in [0.2, 0.25) is 0 Å². The van der Waals surface area contributed by atoms with Crippen molar-refractivity contribution >= 4 is 17.2 Å². The molecule has 2 aromatic heterocycles. The van der Waals surface area contributed by atoms with Crippen molar-refractivity contribution in [1.82, 2.24) is 9.38 Å². The lowest BCUT2D eigenvalue weighted by Crippen LogP contribution is -2.15. The third-order valence-electron chi connectivity index (χ3n) is 3.02. The lowest BCUT2D eigenvalue weighted by Gasteiger charge is -2.05. The third-order valence-corrected chi connectivity index (χ3v) is 3.02. The van der Waals surface area contributed by atoms with Crippen LogP contribution in [0.1, 0.15) is 16.2 Å². The number of carbonyl (C=O) groups excluding carboxylic acids is 1. The Bertz CT molecular complexity index is 777. The first-order valence-electron chi connectivity index (χ1n) is 6.16. The van der Waals surface area contributed by atoms with Gasteiger partial charge in [0, 0.05) is 11.9 Å². The molecule has 4 nitrogen and oxygen atoms in total. The number of hydrogen-bond acceptors (Lipinski definition) is 2. The number of fused-ring (bicyclic) bond motifs is 1. The molecule has 0 aliphatic rings. The van der Waals surface area contributed by atoms with Gasteiger partial charge in [0.2, 0.25) is 0 Å². The van der Waals surface area contributed by atoms with E-state index in [-0.39, 0.29) is 11.7 Å². The van der Waals surface area contributed by atoms with E-state index in [1.807, 2.05) is 18.2 Å². The van der Waals surface area contributed by atoms with Crippen molar-refractivity contribution in [2.75, 3.05) is 5.32 Å². The fraction of sp³-hybridized carbons (Fsp3) is 0.0667. The summed E-state index contributed by atoms with van der Waals surface area (Å²) in [5.41, 5.74) is 2.39. The van der Waals surface area contributed by atoms with Gasteiger partial charge in [0.15, 0.2) is 0 Å². The van der Waals surface area contributed by atoms with Crippen molar-refractivity contribution in [2.24, 2.45) is 0 Å². The zero-order valence-corrected chi connectivity index (χ0v) is 10.8. The van der Waals surface area contributed by atoms with E-state index >= 15 is 0 Å². The van der Waals surface area contributed by atoms with Crippen molar-refractivity contribution in [3.63, 3.8) is 0 Å². The van der Waals surface area contributed by atoms with Gasteiger partial charge in [-0.25, -0.2) is 9.37 Å². The normalized spacial score (nSPS) is 10.7. The van der Waals surface area contributed by atoms with Crippen molar-refractivity contribution in [2.45, 2.75) is 6.92 Å². The van der Waals surface area contributed by atoms with E-state index in [9.17, 15) is 9.18 Å². The lowest BCUT2D eigenvalue weighted by atomic mass is 10.2. The average Bonchev–Trinajstić information content (AvgIpc) is 2.77. The van der Waals surface area contributed by atoms with Gasteiger partial charge in [0.1, 0.15) is 17.2 Å². The number of nitrogens with one attached hydrogen (secondary N) is 1. The molecule has 0 aliphatic heterocycles. The van der Waals surface area contributed by atoms with Gasteiger partial charge in [-0.3, -0.25) is 9.20 Å². The molecule has 0 spiro atoms. The quantitative estimate of drug-likeness (QED) is 0.777. The molecule has 2 heterocycles. The van der Waals surface area contributed by atoms with E-state index in [1.54, 1.807) is 17.5 Å². The molecular formula is C15H12FN3O. The van der Waals surface area contributed by atoms with Crippen LogP contribution in [0.5, 0.6) is 0 Å². The van der Waals surface area contributed by atoms with Gasteiger partial charge in [-0.1, -0.05) is 6.07 Å². The SMILES string of the molecule is Cc1nc2ccccn2c1C(=O)Nc1ccc(F)cc1. The van der Waals surface area contributed by atoms with Gasteiger partial charge in [-0.2, -0.15) is 0 Å². The van der Waals surface area contributed by atoms with Crippen LogP contribution in [0.4, 0.5) is 10.1 Å². The Kier molecular flexibility index (Phi) is 2.95. The van der Waals surface area contributed by atoms with Crippen LogP contribution in [-0.2, 0) is 0 Å². The molecule has 0 aliphatic carbocycles. The molecule has 100 valence electrons. The fourth-order valence-corrected chi connectivity index (χ4v) is 2.11. The smallest absolute Gasteiger partial charge is 0.274 e. The molecule has 20 heavy (non-hydrogen) atoms. The van der Waals surface area contributed by atoms with Gasteiger partial charge >= 0.3 is 0 Å². The van der Waals surface area contributed by atoms with Gasteiger partial charge in [-0.15, -0.1) is 0 Å². The summed E-state index contributed by atoms with van der Waals surface area (Å²) in [6.45, 7) is 1.78. The second kappa shape index (κ2) is 4.77. The summed E-state index contributed by atoms with van der Waals surface area (Å²) in [7, 11) is 0. The molecule has 1 N–H and O–H groups in total. The molecule has 0 saturated heterocycles. The second-order valence-corrected chi connectivity index (χ2v) is 4.44. The van der Waals surface area contributed by atoms with Crippen LogP contribution in [-0.4, -0.2) is 15.3 Å². The van der Waals surface area contributed by atoms with Crippen LogP contribution >= 0.6 is 0 Å². The zero-order chi connectivity index (χ0) is 14.1. The van der Waals surface area contributed by atoms with Crippen LogP contribution < -0.4 is 5.32 Å². The van der Waals surface area contributed by atoms with Gasteiger partial charge in [0.25, 0.3) is 5.91 Å². The minimum absolute atomic E-state index is 0.271. The van der Waals surface area contributed by atoms with E-state index in [2.05, 4.69) is 10.3 Å². The maximum atomic E-state index is 12.8. The minimum atomic E-state index is -0.339. The Balaban J connectivity index is 1.96. The van der Waals surface area contributed by atoms with Gasteiger partial charge in [-0.05, 0) is 43.3 Å². The summed E-state index contributed by atoms with van der Waals surface area (Å²) < 4.78 is 14.6. The van der Waals surface area contributed by atoms with Gasteiger partial charge in [0.05, 0.1) is 5.69 Å². The number of carbonyl (C=O) groups is 1. The molecule has 3 aromatic rings. The highest BCUT2D eigenvalue weighted by molar-refractivity contribution is 6.04. The predicted octanol–water partition coefficient (Wildman–Crippen LogP) is 3.03. The summed E-state index contributed by atoms with van der Waals surface area (Å²) in [6, 6.07) is 11.2. The molecule has 3 rings (SSSR count). The number of anilines is 1. The number of halogens is 1. The number of imidazole rings is 1. The minimum Gasteiger partial charge on any atom is -0.321 e. The number of rotatable bonds is 2. The molecule has 0 bridgehead atoms. The Morgan fingerprint density at radius 1 is 1.20 bits per heavy atom. The van der Waals surface area contributed by atoms with Crippen molar-refractivity contribution in [1.29, 1.82) is 0 Å². The summed E-state index contributed by atoms with van der Waals surface area (Å²) in [5.74, 6) is -0.609. The first kappa shape index (κ1) is 12.3. The molecule has 1 amide bonds. The molecule has 5 heteroatoms. The molecule has 0 saturated carbocycles. The van der Waals surface area contributed by atoms with Crippen molar-refractivity contribution in [3.05, 3.63) is 65.9 Å². The standard InChI is InChI=1S/C15H12FN3O/c1-10-14(19-9-3-2-4-13(19)17-10)15(20)18-12-7-5-11(16)6-8-12/h2-9H,1H3,(H,18,20). The lowest BCUT2D eigenvalue weighted by molar-refractivity contribution is 0.102. The van der Waals surface area contributed by atoms with Crippen molar-refractivity contribution in [3.8, 4) is 0 Å². The highest BCUT2D eigenvalue weighted by Gasteiger charge is 2.16. The number of amides is 1.